The van der Waals surface area contributed by atoms with Crippen molar-refractivity contribution in [2.75, 3.05) is 19.7 Å². The van der Waals surface area contributed by atoms with E-state index >= 15 is 0 Å². The van der Waals surface area contributed by atoms with Crippen LogP contribution in [0.4, 0.5) is 0 Å². The van der Waals surface area contributed by atoms with E-state index in [1.165, 1.54) is 5.56 Å². The highest BCUT2D eigenvalue weighted by molar-refractivity contribution is 5.78. The van der Waals surface area contributed by atoms with Crippen LogP contribution in [-0.2, 0) is 11.2 Å². The van der Waals surface area contributed by atoms with E-state index in [0.29, 0.717) is 13.1 Å². The van der Waals surface area contributed by atoms with Gasteiger partial charge in [0.15, 0.2) is 0 Å². The minimum absolute atomic E-state index is 0.0248. The second-order valence-corrected chi connectivity index (χ2v) is 4.59. The largest absolute Gasteiger partial charge is 0.395 e. The fraction of sp³-hybridized carbons (Fsp3) is 0.533. The first-order valence-corrected chi connectivity index (χ1v) is 6.62. The number of carbonyl (C=O) groups is 1. The standard InChI is InChI=1S/C15H23NO2/c1-3-13(2)15(18)16(11-12-17)10-9-14-7-5-4-6-8-14/h4-8,13,17H,3,9-12H2,1-2H3. The molecule has 0 aliphatic carbocycles. The summed E-state index contributed by atoms with van der Waals surface area (Å²) in [5.74, 6) is 0.176. The van der Waals surface area contributed by atoms with Crippen molar-refractivity contribution < 1.29 is 9.90 Å². The summed E-state index contributed by atoms with van der Waals surface area (Å²) in [4.78, 5) is 13.9. The topological polar surface area (TPSA) is 40.5 Å². The van der Waals surface area contributed by atoms with Gasteiger partial charge in [-0.1, -0.05) is 44.2 Å². The van der Waals surface area contributed by atoms with Gasteiger partial charge in [-0.25, -0.2) is 0 Å². The van der Waals surface area contributed by atoms with Crippen LogP contribution < -0.4 is 0 Å². The molecule has 100 valence electrons. The molecule has 3 heteroatoms. The molecule has 0 aromatic heterocycles. The maximum atomic E-state index is 12.1. The van der Waals surface area contributed by atoms with Gasteiger partial charge in [0.2, 0.25) is 5.91 Å². The van der Waals surface area contributed by atoms with Crippen LogP contribution in [0.15, 0.2) is 30.3 Å². The highest BCUT2D eigenvalue weighted by Crippen LogP contribution is 2.08. The molecule has 1 unspecified atom stereocenters. The maximum Gasteiger partial charge on any atom is 0.225 e. The first-order chi connectivity index (χ1) is 8.69. The average molecular weight is 249 g/mol. The average Bonchev–Trinajstić information content (AvgIpc) is 2.43. The molecular weight excluding hydrogens is 226 g/mol. The zero-order valence-electron chi connectivity index (χ0n) is 11.3. The van der Waals surface area contributed by atoms with Gasteiger partial charge in [0.05, 0.1) is 6.61 Å². The van der Waals surface area contributed by atoms with E-state index in [0.717, 1.165) is 12.8 Å². The Balaban J connectivity index is 2.55. The third-order valence-electron chi connectivity index (χ3n) is 3.23. The van der Waals surface area contributed by atoms with Crippen molar-refractivity contribution in [1.82, 2.24) is 4.90 Å². The van der Waals surface area contributed by atoms with Gasteiger partial charge in [-0.2, -0.15) is 0 Å². The summed E-state index contributed by atoms with van der Waals surface area (Å²) in [6.07, 6.45) is 1.68. The molecule has 1 rings (SSSR count). The van der Waals surface area contributed by atoms with Gasteiger partial charge < -0.3 is 10.0 Å². The zero-order valence-corrected chi connectivity index (χ0v) is 11.3. The van der Waals surface area contributed by atoms with Crippen molar-refractivity contribution in [1.29, 1.82) is 0 Å². The van der Waals surface area contributed by atoms with E-state index in [1.54, 1.807) is 4.90 Å². The molecule has 0 bridgehead atoms. The second-order valence-electron chi connectivity index (χ2n) is 4.59. The monoisotopic (exact) mass is 249 g/mol. The van der Waals surface area contributed by atoms with Crippen molar-refractivity contribution in [2.45, 2.75) is 26.7 Å². The summed E-state index contributed by atoms with van der Waals surface area (Å²) in [6, 6.07) is 10.1. The number of benzene rings is 1. The molecule has 1 aromatic carbocycles. The Labute approximate surface area is 109 Å². The second kappa shape index (κ2) is 7.88. The van der Waals surface area contributed by atoms with E-state index in [1.807, 2.05) is 32.0 Å². The lowest BCUT2D eigenvalue weighted by molar-refractivity contribution is -0.135. The Morgan fingerprint density at radius 2 is 1.94 bits per heavy atom. The molecule has 0 radical (unpaired) electrons. The summed E-state index contributed by atoms with van der Waals surface area (Å²) >= 11 is 0. The summed E-state index contributed by atoms with van der Waals surface area (Å²) in [7, 11) is 0. The first kappa shape index (κ1) is 14.7. The summed E-state index contributed by atoms with van der Waals surface area (Å²) in [5.41, 5.74) is 1.22. The molecule has 18 heavy (non-hydrogen) atoms. The predicted molar refractivity (Wildman–Crippen MR) is 73.3 cm³/mol. The van der Waals surface area contributed by atoms with E-state index in [-0.39, 0.29) is 18.4 Å². The number of hydrogen-bond acceptors (Lipinski definition) is 2. The third-order valence-corrected chi connectivity index (χ3v) is 3.23. The van der Waals surface area contributed by atoms with Crippen molar-refractivity contribution in [3.8, 4) is 0 Å². The van der Waals surface area contributed by atoms with Crippen molar-refractivity contribution in [3.63, 3.8) is 0 Å². The smallest absolute Gasteiger partial charge is 0.225 e. The van der Waals surface area contributed by atoms with Gasteiger partial charge in [0.25, 0.3) is 0 Å². The van der Waals surface area contributed by atoms with Crippen LogP contribution in [0.1, 0.15) is 25.8 Å². The molecule has 0 spiro atoms. The lowest BCUT2D eigenvalue weighted by Crippen LogP contribution is -2.38. The SMILES string of the molecule is CCC(C)C(=O)N(CCO)CCc1ccccc1. The van der Waals surface area contributed by atoms with Gasteiger partial charge in [-0.15, -0.1) is 0 Å². The Morgan fingerprint density at radius 1 is 1.28 bits per heavy atom. The molecule has 3 nitrogen and oxygen atoms in total. The van der Waals surface area contributed by atoms with Crippen molar-refractivity contribution in [2.24, 2.45) is 5.92 Å². The highest BCUT2D eigenvalue weighted by atomic mass is 16.3. The predicted octanol–water partition coefficient (Wildman–Crippen LogP) is 2.10. The number of hydrogen-bond donors (Lipinski definition) is 1. The maximum absolute atomic E-state index is 12.1. The fourth-order valence-corrected chi connectivity index (χ4v) is 1.85. The Morgan fingerprint density at radius 3 is 2.50 bits per heavy atom. The van der Waals surface area contributed by atoms with Crippen LogP contribution in [0, 0.1) is 5.92 Å². The molecule has 0 aliphatic rings. The molecule has 0 heterocycles. The minimum Gasteiger partial charge on any atom is -0.395 e. The minimum atomic E-state index is 0.0248. The molecule has 0 fully saturated rings. The molecule has 0 saturated heterocycles. The molecule has 1 atom stereocenters. The summed E-state index contributed by atoms with van der Waals surface area (Å²) in [5, 5.41) is 9.04. The van der Waals surface area contributed by atoms with E-state index < -0.39 is 0 Å². The highest BCUT2D eigenvalue weighted by Gasteiger charge is 2.18. The third kappa shape index (κ3) is 4.49. The summed E-state index contributed by atoms with van der Waals surface area (Å²) < 4.78 is 0. The first-order valence-electron chi connectivity index (χ1n) is 6.62. The van der Waals surface area contributed by atoms with Crippen LogP contribution in [0.2, 0.25) is 0 Å². The fourth-order valence-electron chi connectivity index (χ4n) is 1.85. The summed E-state index contributed by atoms with van der Waals surface area (Å²) in [6.45, 7) is 5.08. The zero-order chi connectivity index (χ0) is 13.4. The lowest BCUT2D eigenvalue weighted by atomic mass is 10.1. The van der Waals surface area contributed by atoms with E-state index in [9.17, 15) is 4.79 Å². The number of carbonyl (C=O) groups excluding carboxylic acids is 1. The number of aliphatic hydroxyl groups excluding tert-OH is 1. The van der Waals surface area contributed by atoms with Gasteiger partial charge in [0.1, 0.15) is 0 Å². The van der Waals surface area contributed by atoms with Crippen LogP contribution in [-0.4, -0.2) is 35.6 Å². The van der Waals surface area contributed by atoms with Gasteiger partial charge in [-0.3, -0.25) is 4.79 Å². The normalized spacial score (nSPS) is 12.2. The number of aliphatic hydroxyl groups is 1. The van der Waals surface area contributed by atoms with E-state index in [4.69, 9.17) is 5.11 Å². The van der Waals surface area contributed by atoms with Crippen LogP contribution in [0.3, 0.4) is 0 Å². The molecule has 1 aromatic rings. The molecule has 0 aliphatic heterocycles. The van der Waals surface area contributed by atoms with Crippen LogP contribution >= 0.6 is 0 Å². The lowest BCUT2D eigenvalue weighted by Gasteiger charge is -2.24. The Kier molecular flexibility index (Phi) is 6.44. The Hall–Kier alpha value is -1.35. The van der Waals surface area contributed by atoms with Crippen molar-refractivity contribution >= 4 is 5.91 Å². The Bertz CT molecular complexity index is 351. The molecule has 0 saturated carbocycles. The number of amides is 1. The van der Waals surface area contributed by atoms with Crippen LogP contribution in [0.5, 0.6) is 0 Å². The van der Waals surface area contributed by atoms with Gasteiger partial charge >= 0.3 is 0 Å². The number of rotatable bonds is 7. The van der Waals surface area contributed by atoms with Crippen LogP contribution in [0.25, 0.3) is 0 Å². The quantitative estimate of drug-likeness (QED) is 0.804. The van der Waals surface area contributed by atoms with Gasteiger partial charge in [0, 0.05) is 19.0 Å². The van der Waals surface area contributed by atoms with E-state index in [2.05, 4.69) is 12.1 Å². The molecule has 1 amide bonds. The molecule has 1 N–H and O–H groups in total. The number of nitrogens with zero attached hydrogens (tertiary/aromatic N) is 1. The van der Waals surface area contributed by atoms with Gasteiger partial charge in [-0.05, 0) is 18.4 Å². The molecular formula is C15H23NO2. The van der Waals surface area contributed by atoms with Crippen molar-refractivity contribution in [3.05, 3.63) is 35.9 Å².